The zero-order valence-electron chi connectivity index (χ0n) is 14.2. The number of benzene rings is 2. The molecule has 4 nitrogen and oxygen atoms in total. The maximum absolute atomic E-state index is 8.52. The Bertz CT molecular complexity index is 637. The van der Waals surface area contributed by atoms with Crippen LogP contribution in [0.2, 0.25) is 0 Å². The molecule has 2 aromatic carbocycles. The molecule has 0 unspecified atom stereocenters. The van der Waals surface area contributed by atoms with E-state index in [0.717, 1.165) is 31.8 Å². The summed E-state index contributed by atoms with van der Waals surface area (Å²) in [5.41, 5.74) is 2.43. The third-order valence-electron chi connectivity index (χ3n) is 3.75. The third-order valence-corrected chi connectivity index (χ3v) is 3.75. The van der Waals surface area contributed by atoms with Crippen molar-refractivity contribution in [3.05, 3.63) is 60.2 Å². The largest absolute Gasteiger partial charge is 0.494 e. The van der Waals surface area contributed by atoms with Crippen molar-refractivity contribution in [2.75, 3.05) is 31.6 Å². The molecule has 0 radical (unpaired) electrons. The van der Waals surface area contributed by atoms with Crippen LogP contribution >= 0.6 is 0 Å². The number of likely N-dealkylation sites (N-methyl/N-ethyl adjacent to an activating group) is 1. The van der Waals surface area contributed by atoms with Crippen LogP contribution in [0.4, 0.5) is 5.69 Å². The average Bonchev–Trinajstić information content (AvgIpc) is 2.63. The first-order valence-corrected chi connectivity index (χ1v) is 8.35. The van der Waals surface area contributed by atoms with Gasteiger partial charge in [0.25, 0.3) is 0 Å². The van der Waals surface area contributed by atoms with Gasteiger partial charge in [0.1, 0.15) is 5.75 Å². The fourth-order valence-corrected chi connectivity index (χ4v) is 2.38. The van der Waals surface area contributed by atoms with Crippen molar-refractivity contribution in [3.63, 3.8) is 0 Å². The topological polar surface area (TPSA) is 48.3 Å². The van der Waals surface area contributed by atoms with E-state index in [1.807, 2.05) is 18.2 Å². The van der Waals surface area contributed by atoms with Gasteiger partial charge in [0.05, 0.1) is 12.7 Å². The van der Waals surface area contributed by atoms with Gasteiger partial charge in [0.15, 0.2) is 0 Å². The zero-order valence-corrected chi connectivity index (χ0v) is 14.2. The van der Waals surface area contributed by atoms with Gasteiger partial charge < -0.3 is 15.0 Å². The molecule has 0 aliphatic rings. The SMILES string of the molecule is CN(CCNCc1cccc(OCCCC#N)c1)c1ccccc1. The molecule has 24 heavy (non-hydrogen) atoms. The summed E-state index contributed by atoms with van der Waals surface area (Å²) >= 11 is 0. The molecule has 0 saturated carbocycles. The number of rotatable bonds is 10. The fraction of sp³-hybridized carbons (Fsp3) is 0.350. The van der Waals surface area contributed by atoms with Gasteiger partial charge in [-0.05, 0) is 36.2 Å². The lowest BCUT2D eigenvalue weighted by Gasteiger charge is -2.19. The van der Waals surface area contributed by atoms with Gasteiger partial charge in [-0.15, -0.1) is 0 Å². The summed E-state index contributed by atoms with van der Waals surface area (Å²) in [6.07, 6.45) is 1.31. The summed E-state index contributed by atoms with van der Waals surface area (Å²) in [6.45, 7) is 3.28. The molecule has 0 amide bonds. The Balaban J connectivity index is 1.69. The third kappa shape index (κ3) is 6.31. The predicted molar refractivity (Wildman–Crippen MR) is 98.2 cm³/mol. The van der Waals surface area contributed by atoms with Crippen LogP contribution in [0.25, 0.3) is 0 Å². The van der Waals surface area contributed by atoms with E-state index in [2.05, 4.69) is 59.7 Å². The number of ether oxygens (including phenoxy) is 1. The van der Waals surface area contributed by atoms with Crippen LogP contribution < -0.4 is 15.0 Å². The minimum absolute atomic E-state index is 0.538. The number of hydrogen-bond donors (Lipinski definition) is 1. The highest BCUT2D eigenvalue weighted by atomic mass is 16.5. The maximum atomic E-state index is 8.52. The molecule has 0 fully saturated rings. The van der Waals surface area contributed by atoms with Crippen molar-refractivity contribution in [2.45, 2.75) is 19.4 Å². The summed E-state index contributed by atoms with van der Waals surface area (Å²) in [7, 11) is 2.10. The average molecular weight is 323 g/mol. The quantitative estimate of drug-likeness (QED) is 0.679. The molecule has 0 aromatic heterocycles. The summed E-state index contributed by atoms with van der Waals surface area (Å²) in [4.78, 5) is 2.24. The number of nitriles is 1. The normalized spacial score (nSPS) is 10.2. The van der Waals surface area contributed by atoms with Crippen LogP contribution in [0.1, 0.15) is 18.4 Å². The van der Waals surface area contributed by atoms with E-state index in [-0.39, 0.29) is 0 Å². The molecule has 0 atom stereocenters. The summed E-state index contributed by atoms with van der Waals surface area (Å²) in [6, 6.07) is 20.6. The summed E-state index contributed by atoms with van der Waals surface area (Å²) in [5.74, 6) is 0.869. The van der Waals surface area contributed by atoms with Crippen LogP contribution in [0.5, 0.6) is 5.75 Å². The summed E-state index contributed by atoms with van der Waals surface area (Å²) in [5, 5.41) is 12.0. The van der Waals surface area contributed by atoms with Gasteiger partial charge in [-0.3, -0.25) is 0 Å². The maximum Gasteiger partial charge on any atom is 0.119 e. The predicted octanol–water partition coefficient (Wildman–Crippen LogP) is 3.60. The molecular formula is C20H25N3O. The van der Waals surface area contributed by atoms with Crippen molar-refractivity contribution in [1.82, 2.24) is 5.32 Å². The Kier molecular flexibility index (Phi) is 7.66. The molecule has 0 saturated heterocycles. The fourth-order valence-electron chi connectivity index (χ4n) is 2.38. The molecule has 2 rings (SSSR count). The number of unbranched alkanes of at least 4 members (excludes halogenated alkanes) is 1. The molecule has 0 heterocycles. The van der Waals surface area contributed by atoms with Crippen LogP contribution in [0, 0.1) is 11.3 Å². The second-order valence-corrected chi connectivity index (χ2v) is 5.69. The van der Waals surface area contributed by atoms with E-state index in [9.17, 15) is 0 Å². The Morgan fingerprint density at radius 3 is 2.75 bits per heavy atom. The van der Waals surface area contributed by atoms with E-state index in [1.54, 1.807) is 0 Å². The van der Waals surface area contributed by atoms with Crippen LogP contribution in [-0.4, -0.2) is 26.7 Å². The smallest absolute Gasteiger partial charge is 0.119 e. The number of nitrogens with one attached hydrogen (secondary N) is 1. The van der Waals surface area contributed by atoms with E-state index in [0.29, 0.717) is 13.0 Å². The van der Waals surface area contributed by atoms with Crippen molar-refractivity contribution in [1.29, 1.82) is 5.26 Å². The van der Waals surface area contributed by atoms with E-state index < -0.39 is 0 Å². The monoisotopic (exact) mass is 323 g/mol. The highest BCUT2D eigenvalue weighted by Gasteiger charge is 2.00. The van der Waals surface area contributed by atoms with Gasteiger partial charge in [0, 0.05) is 38.8 Å². The first-order chi connectivity index (χ1) is 11.8. The molecular weight excluding hydrogens is 298 g/mol. The van der Waals surface area contributed by atoms with Crippen LogP contribution in [0.15, 0.2) is 54.6 Å². The van der Waals surface area contributed by atoms with Crippen LogP contribution in [-0.2, 0) is 6.54 Å². The van der Waals surface area contributed by atoms with Gasteiger partial charge in [-0.25, -0.2) is 0 Å². The Labute approximate surface area is 144 Å². The number of nitrogens with zero attached hydrogens (tertiary/aromatic N) is 2. The molecule has 4 heteroatoms. The molecule has 0 aliphatic heterocycles. The summed E-state index contributed by atoms with van der Waals surface area (Å²) < 4.78 is 5.66. The van der Waals surface area contributed by atoms with Crippen molar-refractivity contribution in [2.24, 2.45) is 0 Å². The van der Waals surface area contributed by atoms with Crippen molar-refractivity contribution >= 4 is 5.69 Å². The van der Waals surface area contributed by atoms with E-state index >= 15 is 0 Å². The first kappa shape index (κ1) is 17.8. The lowest BCUT2D eigenvalue weighted by atomic mass is 10.2. The number of hydrogen-bond acceptors (Lipinski definition) is 4. The number of anilines is 1. The first-order valence-electron chi connectivity index (χ1n) is 8.35. The highest BCUT2D eigenvalue weighted by Crippen LogP contribution is 2.14. The Hall–Kier alpha value is -2.51. The van der Waals surface area contributed by atoms with Gasteiger partial charge in [-0.2, -0.15) is 5.26 Å². The lowest BCUT2D eigenvalue weighted by molar-refractivity contribution is 0.312. The molecule has 2 aromatic rings. The van der Waals surface area contributed by atoms with Crippen LogP contribution in [0.3, 0.4) is 0 Å². The minimum atomic E-state index is 0.538. The second kappa shape index (κ2) is 10.3. The zero-order chi connectivity index (χ0) is 17.0. The minimum Gasteiger partial charge on any atom is -0.494 e. The number of para-hydroxylation sites is 1. The van der Waals surface area contributed by atoms with E-state index in [1.165, 1.54) is 11.3 Å². The molecule has 1 N–H and O–H groups in total. The standard InChI is InChI=1S/C20H25N3O/c1-23(19-9-3-2-4-10-19)14-13-22-17-18-8-7-11-20(16-18)24-15-6-5-12-21/h2-4,7-11,16,22H,5-6,13-15,17H2,1H3. The highest BCUT2D eigenvalue weighted by molar-refractivity contribution is 5.44. The Morgan fingerprint density at radius 1 is 1.12 bits per heavy atom. The molecule has 126 valence electrons. The lowest BCUT2D eigenvalue weighted by Crippen LogP contribution is -2.28. The molecule has 0 spiro atoms. The van der Waals surface area contributed by atoms with Crippen molar-refractivity contribution in [3.8, 4) is 11.8 Å². The van der Waals surface area contributed by atoms with E-state index in [4.69, 9.17) is 10.00 Å². The van der Waals surface area contributed by atoms with Gasteiger partial charge in [0.2, 0.25) is 0 Å². The van der Waals surface area contributed by atoms with Crippen molar-refractivity contribution < 1.29 is 4.74 Å². The molecule has 0 aliphatic carbocycles. The molecule has 0 bridgehead atoms. The Morgan fingerprint density at radius 2 is 1.96 bits per heavy atom. The van der Waals surface area contributed by atoms with Gasteiger partial charge in [-0.1, -0.05) is 30.3 Å². The second-order valence-electron chi connectivity index (χ2n) is 5.69. The van der Waals surface area contributed by atoms with Gasteiger partial charge >= 0.3 is 0 Å².